The fourth-order valence-corrected chi connectivity index (χ4v) is 6.30. The topological polar surface area (TPSA) is 115 Å². The van der Waals surface area contributed by atoms with Gasteiger partial charge in [0.15, 0.2) is 9.84 Å². The van der Waals surface area contributed by atoms with E-state index in [0.29, 0.717) is 24.5 Å². The van der Waals surface area contributed by atoms with Crippen LogP contribution in [0.25, 0.3) is 11.0 Å². The molecule has 152 valence electrons. The van der Waals surface area contributed by atoms with Gasteiger partial charge in [0.2, 0.25) is 11.8 Å². The second-order valence-corrected chi connectivity index (χ2v) is 9.43. The maximum Gasteiger partial charge on any atom is 0.235 e. The largest absolute Gasteiger partial charge is 0.480 e. The molecule has 0 spiro atoms. The molecule has 8 nitrogen and oxygen atoms in total. The fourth-order valence-electron chi connectivity index (χ4n) is 4.04. The second kappa shape index (κ2) is 7.81. The van der Waals surface area contributed by atoms with Crippen molar-refractivity contribution in [3.63, 3.8) is 0 Å². The summed E-state index contributed by atoms with van der Waals surface area (Å²) in [5.41, 5.74) is 8.06. The summed E-state index contributed by atoms with van der Waals surface area (Å²) in [4.78, 5) is 23.3. The Bertz CT molecular complexity index is 1000. The highest BCUT2D eigenvalue weighted by Gasteiger charge is 2.51. The maximum atomic E-state index is 12.6. The number of sulfone groups is 1. The third-order valence-corrected chi connectivity index (χ3v) is 7.74. The predicted molar refractivity (Wildman–Crippen MR) is 107 cm³/mol. The number of ether oxygens (including phenoxy) is 1. The predicted octanol–water partition coefficient (Wildman–Crippen LogP) is 0.576. The van der Waals surface area contributed by atoms with Crippen LogP contribution in [-0.4, -0.2) is 66.4 Å². The molecule has 0 saturated carbocycles. The monoisotopic (exact) mass is 426 g/mol. The van der Waals surface area contributed by atoms with Gasteiger partial charge in [-0.25, -0.2) is 18.4 Å². The van der Waals surface area contributed by atoms with E-state index in [0.717, 1.165) is 11.0 Å². The minimum atomic E-state index is -3.20. The van der Waals surface area contributed by atoms with Crippen molar-refractivity contribution in [3.8, 4) is 5.88 Å². The van der Waals surface area contributed by atoms with Crippen LogP contribution in [0, 0.1) is 5.92 Å². The van der Waals surface area contributed by atoms with Crippen molar-refractivity contribution < 1.29 is 17.9 Å². The highest BCUT2D eigenvalue weighted by atomic mass is 35.5. The van der Waals surface area contributed by atoms with Gasteiger partial charge in [-0.2, -0.15) is 0 Å². The molecule has 0 radical (unpaired) electrons. The molecule has 1 amide bonds. The van der Waals surface area contributed by atoms with Crippen LogP contribution in [0.15, 0.2) is 24.3 Å². The number of hydrogen-bond donors (Lipinski definition) is 1. The van der Waals surface area contributed by atoms with Crippen molar-refractivity contribution in [1.29, 1.82) is 0 Å². The summed E-state index contributed by atoms with van der Waals surface area (Å²) in [6.07, 6.45) is 0.600. The summed E-state index contributed by atoms with van der Waals surface area (Å²) in [6, 6.07) is 7.09. The van der Waals surface area contributed by atoms with E-state index in [1.54, 1.807) is 4.90 Å². The van der Waals surface area contributed by atoms with Crippen molar-refractivity contribution >= 4 is 39.2 Å². The molecule has 4 rings (SSSR count). The SMILES string of the molecule is COc1nc2ccccc2nc1CCC(=O)N1C[C@H]2[C@H](N)CS(=O)(=O)[C@H]2C1.Cl. The summed E-state index contributed by atoms with van der Waals surface area (Å²) in [6.45, 7) is 0.643. The van der Waals surface area contributed by atoms with Gasteiger partial charge in [0.05, 0.1) is 29.1 Å². The molecular weight excluding hydrogens is 404 g/mol. The molecule has 3 heterocycles. The number of benzene rings is 1. The molecular formula is C18H23ClN4O4S. The number of aryl methyl sites for hydroxylation is 1. The highest BCUT2D eigenvalue weighted by molar-refractivity contribution is 7.92. The molecule has 3 atom stereocenters. The molecule has 10 heteroatoms. The van der Waals surface area contributed by atoms with E-state index in [9.17, 15) is 13.2 Å². The Morgan fingerprint density at radius 2 is 1.93 bits per heavy atom. The molecule has 0 aliphatic carbocycles. The lowest BCUT2D eigenvalue weighted by molar-refractivity contribution is -0.130. The summed E-state index contributed by atoms with van der Waals surface area (Å²) in [5, 5.41) is -0.522. The van der Waals surface area contributed by atoms with E-state index in [4.69, 9.17) is 10.5 Å². The number of amides is 1. The van der Waals surface area contributed by atoms with Crippen molar-refractivity contribution in [3.05, 3.63) is 30.0 Å². The number of nitrogens with zero attached hydrogens (tertiary/aromatic N) is 3. The summed E-state index contributed by atoms with van der Waals surface area (Å²) < 4.78 is 29.6. The molecule has 0 bridgehead atoms. The molecule has 28 heavy (non-hydrogen) atoms. The molecule has 2 aliphatic heterocycles. The molecule has 2 N–H and O–H groups in total. The number of rotatable bonds is 4. The normalized spacial score (nSPS) is 25.4. The molecule has 2 fully saturated rings. The van der Waals surface area contributed by atoms with Crippen molar-refractivity contribution in [1.82, 2.24) is 14.9 Å². The van der Waals surface area contributed by atoms with Gasteiger partial charge in [-0.3, -0.25) is 4.79 Å². The first-order chi connectivity index (χ1) is 12.9. The van der Waals surface area contributed by atoms with Crippen molar-refractivity contribution in [2.45, 2.75) is 24.1 Å². The quantitative estimate of drug-likeness (QED) is 0.759. The summed E-state index contributed by atoms with van der Waals surface area (Å²) in [7, 11) is -1.68. The van der Waals surface area contributed by atoms with Gasteiger partial charge in [0, 0.05) is 37.9 Å². The smallest absolute Gasteiger partial charge is 0.235 e. The van der Waals surface area contributed by atoms with Crippen LogP contribution < -0.4 is 10.5 Å². The number of nitrogens with two attached hydrogens (primary N) is 1. The van der Waals surface area contributed by atoms with E-state index >= 15 is 0 Å². The Morgan fingerprint density at radius 3 is 2.57 bits per heavy atom. The second-order valence-electron chi connectivity index (χ2n) is 7.16. The number of methoxy groups -OCH3 is 1. The lowest BCUT2D eigenvalue weighted by Crippen LogP contribution is -2.35. The zero-order chi connectivity index (χ0) is 19.2. The third kappa shape index (κ3) is 3.66. The average Bonchev–Trinajstić information content (AvgIpc) is 3.19. The number of likely N-dealkylation sites (tertiary alicyclic amines) is 1. The standard InChI is InChI=1S/C18H22N4O4S.ClH/c1-26-18-15(20-13-4-2-3-5-14(13)21-18)6-7-17(23)22-8-11-12(19)10-27(24,25)16(11)9-22;/h2-5,11-12,16H,6-10,19H2,1H3;1H/t11-,12+,16-;/m0./s1. The van der Waals surface area contributed by atoms with Crippen LogP contribution in [0.3, 0.4) is 0 Å². The third-order valence-electron chi connectivity index (χ3n) is 5.47. The minimum absolute atomic E-state index is 0. The first-order valence-corrected chi connectivity index (χ1v) is 10.6. The zero-order valence-corrected chi connectivity index (χ0v) is 17.1. The molecule has 1 aromatic heterocycles. The Hall–Kier alpha value is -1.97. The van der Waals surface area contributed by atoms with Crippen LogP contribution in [0.1, 0.15) is 12.1 Å². The number of fused-ring (bicyclic) bond motifs is 2. The number of aromatic nitrogens is 2. The molecule has 1 aromatic carbocycles. The van der Waals surface area contributed by atoms with Gasteiger partial charge in [-0.1, -0.05) is 12.1 Å². The van der Waals surface area contributed by atoms with E-state index in [1.165, 1.54) is 7.11 Å². The van der Waals surface area contributed by atoms with Crippen molar-refractivity contribution in [2.75, 3.05) is 26.0 Å². The molecule has 2 aromatic rings. The highest BCUT2D eigenvalue weighted by Crippen LogP contribution is 2.33. The number of para-hydroxylation sites is 2. The van der Waals surface area contributed by atoms with E-state index in [2.05, 4.69) is 9.97 Å². The minimum Gasteiger partial charge on any atom is -0.480 e. The first-order valence-electron chi connectivity index (χ1n) is 8.93. The van der Waals surface area contributed by atoms with Crippen LogP contribution in [0.2, 0.25) is 0 Å². The Balaban J connectivity index is 0.00000225. The van der Waals surface area contributed by atoms with Crippen molar-refractivity contribution in [2.24, 2.45) is 11.7 Å². The van der Waals surface area contributed by atoms with Gasteiger partial charge in [-0.05, 0) is 12.1 Å². The molecule has 2 aliphatic rings. The summed E-state index contributed by atoms with van der Waals surface area (Å²) in [5.74, 6) is 0.177. The Kier molecular flexibility index (Phi) is 5.79. The van der Waals surface area contributed by atoms with Crippen LogP contribution in [-0.2, 0) is 21.1 Å². The van der Waals surface area contributed by atoms with E-state index in [1.807, 2.05) is 24.3 Å². The van der Waals surface area contributed by atoms with E-state index in [-0.39, 0.29) is 49.0 Å². The lowest BCUT2D eigenvalue weighted by atomic mass is 10.0. The average molecular weight is 427 g/mol. The van der Waals surface area contributed by atoms with Gasteiger partial charge in [0.25, 0.3) is 0 Å². The van der Waals surface area contributed by atoms with Crippen LogP contribution in [0.5, 0.6) is 5.88 Å². The van der Waals surface area contributed by atoms with Gasteiger partial charge >= 0.3 is 0 Å². The van der Waals surface area contributed by atoms with E-state index < -0.39 is 15.1 Å². The molecule has 0 unspecified atom stereocenters. The zero-order valence-electron chi connectivity index (χ0n) is 15.4. The maximum absolute atomic E-state index is 12.6. The Labute approximate surface area is 169 Å². The number of halogens is 1. The number of carbonyl (C=O) groups is 1. The lowest BCUT2D eigenvalue weighted by Gasteiger charge is -2.18. The molecule has 2 saturated heterocycles. The first kappa shape index (κ1) is 20.8. The fraction of sp³-hybridized carbons (Fsp3) is 0.500. The van der Waals surface area contributed by atoms with Crippen LogP contribution >= 0.6 is 12.4 Å². The Morgan fingerprint density at radius 1 is 1.25 bits per heavy atom. The van der Waals surface area contributed by atoms with Gasteiger partial charge < -0.3 is 15.4 Å². The van der Waals surface area contributed by atoms with Crippen LogP contribution in [0.4, 0.5) is 0 Å². The van der Waals surface area contributed by atoms with Gasteiger partial charge in [0.1, 0.15) is 5.69 Å². The van der Waals surface area contributed by atoms with Gasteiger partial charge in [-0.15, -0.1) is 12.4 Å². The number of carbonyl (C=O) groups excluding carboxylic acids is 1. The number of hydrogen-bond acceptors (Lipinski definition) is 7. The summed E-state index contributed by atoms with van der Waals surface area (Å²) >= 11 is 0.